The minimum atomic E-state index is -0.681. The lowest BCUT2D eigenvalue weighted by Gasteiger charge is -2.26. The fourth-order valence-corrected chi connectivity index (χ4v) is 3.47. The average molecular weight is 457 g/mol. The van der Waals surface area contributed by atoms with Crippen LogP contribution in [0.4, 0.5) is 0 Å². The zero-order valence-corrected chi connectivity index (χ0v) is 20.1. The fourth-order valence-electron chi connectivity index (χ4n) is 2.93. The van der Waals surface area contributed by atoms with E-state index in [0.29, 0.717) is 18.8 Å². The Kier molecular flexibility index (Phi) is 13.7. The summed E-state index contributed by atoms with van der Waals surface area (Å²) in [5, 5.41) is 5.65. The monoisotopic (exact) mass is 456 g/mol. The predicted molar refractivity (Wildman–Crippen MR) is 129 cm³/mol. The molecular weight excluding hydrogens is 420 g/mol. The Balaban J connectivity index is 2.52. The van der Waals surface area contributed by atoms with Crippen molar-refractivity contribution in [3.05, 3.63) is 29.8 Å². The van der Waals surface area contributed by atoms with E-state index >= 15 is 0 Å². The predicted octanol–water partition coefficient (Wildman–Crippen LogP) is 1.30. The number of likely N-dealkylation sites (N-methyl/N-ethyl adjacent to an activating group) is 1. The topological polar surface area (TPSA) is 73.9 Å². The molecule has 0 spiro atoms. The van der Waals surface area contributed by atoms with Crippen molar-refractivity contribution in [2.24, 2.45) is 0 Å². The molecule has 0 aliphatic carbocycles. The van der Waals surface area contributed by atoms with Crippen LogP contribution in [-0.2, 0) is 16.1 Å². The summed E-state index contributed by atoms with van der Waals surface area (Å²) >= 11 is 8.53. The number of nitrogens with zero attached hydrogens (tertiary/aromatic N) is 2. The molecule has 2 N–H and O–H groups in total. The molecule has 9 heteroatoms. The molecule has 0 aromatic heterocycles. The third kappa shape index (κ3) is 10.1. The van der Waals surface area contributed by atoms with E-state index in [0.717, 1.165) is 37.5 Å². The summed E-state index contributed by atoms with van der Waals surface area (Å²) in [6.07, 6.45) is 0. The van der Waals surface area contributed by atoms with Crippen LogP contribution in [-0.4, -0.2) is 85.5 Å². The third-order valence-electron chi connectivity index (χ3n) is 4.87. The molecule has 1 aromatic rings. The molecule has 1 aromatic carbocycles. The molecule has 0 radical (unpaired) electrons. The van der Waals surface area contributed by atoms with Gasteiger partial charge >= 0.3 is 0 Å². The maximum atomic E-state index is 12.5. The van der Waals surface area contributed by atoms with Crippen LogP contribution in [0.1, 0.15) is 19.4 Å². The van der Waals surface area contributed by atoms with Crippen molar-refractivity contribution >= 4 is 37.1 Å². The lowest BCUT2D eigenvalue weighted by atomic mass is 10.2. The van der Waals surface area contributed by atoms with Gasteiger partial charge in [-0.15, -0.1) is 0 Å². The molecule has 0 bridgehead atoms. The highest BCUT2D eigenvalue weighted by Crippen LogP contribution is 2.11. The molecule has 0 unspecified atom stereocenters. The van der Waals surface area contributed by atoms with Crippen LogP contribution in [0.25, 0.3) is 0 Å². The van der Waals surface area contributed by atoms with Gasteiger partial charge in [0.25, 0.3) is 0 Å². The molecule has 0 fully saturated rings. The van der Waals surface area contributed by atoms with Crippen molar-refractivity contribution in [1.82, 2.24) is 20.4 Å². The minimum absolute atomic E-state index is 0.185. The second kappa shape index (κ2) is 15.4. The second-order valence-corrected chi connectivity index (χ2v) is 7.71. The standard InChI is InChI=1S/C21H36N4O3S2/c1-4-24(5-2)10-11-25(12-13-29)15-20(26)23-19(16-30)21(27)22-14-17-6-8-18(28-3)9-7-17/h6-9,19,29-30H,4-5,10-16H2,1-3H3,(H,22,27)(H,23,26)/t19-/m0/s1. The van der Waals surface area contributed by atoms with Gasteiger partial charge in [0.1, 0.15) is 11.8 Å². The summed E-state index contributed by atoms with van der Waals surface area (Å²) in [7, 11) is 1.61. The van der Waals surface area contributed by atoms with Crippen LogP contribution in [0, 0.1) is 0 Å². The van der Waals surface area contributed by atoms with Crippen molar-refractivity contribution in [3.8, 4) is 5.75 Å². The van der Waals surface area contributed by atoms with Gasteiger partial charge in [-0.05, 0) is 30.8 Å². The first-order valence-electron chi connectivity index (χ1n) is 10.3. The third-order valence-corrected chi connectivity index (χ3v) is 5.44. The van der Waals surface area contributed by atoms with Crippen LogP contribution in [0.5, 0.6) is 5.75 Å². The van der Waals surface area contributed by atoms with Gasteiger partial charge < -0.3 is 20.3 Å². The molecule has 7 nitrogen and oxygen atoms in total. The molecule has 1 rings (SSSR count). The Morgan fingerprint density at radius 3 is 2.20 bits per heavy atom. The van der Waals surface area contributed by atoms with E-state index in [1.807, 2.05) is 24.3 Å². The van der Waals surface area contributed by atoms with E-state index < -0.39 is 6.04 Å². The molecule has 2 amide bonds. The van der Waals surface area contributed by atoms with Gasteiger partial charge in [0.2, 0.25) is 11.8 Å². The van der Waals surface area contributed by atoms with E-state index in [2.05, 4.69) is 59.5 Å². The summed E-state index contributed by atoms with van der Waals surface area (Å²) in [5.74, 6) is 1.22. The number of methoxy groups -OCH3 is 1. The number of hydrogen-bond donors (Lipinski definition) is 4. The Morgan fingerprint density at radius 1 is 1.03 bits per heavy atom. The lowest BCUT2D eigenvalue weighted by Crippen LogP contribution is -2.51. The first-order chi connectivity index (χ1) is 14.5. The van der Waals surface area contributed by atoms with Crippen LogP contribution in [0.3, 0.4) is 0 Å². The number of benzene rings is 1. The Bertz CT molecular complexity index is 627. The van der Waals surface area contributed by atoms with Gasteiger partial charge in [0, 0.05) is 37.7 Å². The number of carbonyl (C=O) groups excluding carboxylic acids is 2. The molecular formula is C21H36N4O3S2. The van der Waals surface area contributed by atoms with Crippen LogP contribution in [0.2, 0.25) is 0 Å². The first-order valence-corrected chi connectivity index (χ1v) is 11.6. The van der Waals surface area contributed by atoms with E-state index in [4.69, 9.17) is 4.74 Å². The normalized spacial score (nSPS) is 12.1. The zero-order valence-electron chi connectivity index (χ0n) is 18.3. The lowest BCUT2D eigenvalue weighted by molar-refractivity contribution is -0.129. The van der Waals surface area contributed by atoms with Crippen molar-refractivity contribution in [3.63, 3.8) is 0 Å². The van der Waals surface area contributed by atoms with E-state index in [1.165, 1.54) is 0 Å². The Morgan fingerprint density at radius 2 is 1.67 bits per heavy atom. The van der Waals surface area contributed by atoms with Gasteiger partial charge in [-0.2, -0.15) is 25.3 Å². The smallest absolute Gasteiger partial charge is 0.243 e. The minimum Gasteiger partial charge on any atom is -0.497 e. The quantitative estimate of drug-likeness (QED) is 0.300. The molecule has 170 valence electrons. The maximum Gasteiger partial charge on any atom is 0.243 e. The van der Waals surface area contributed by atoms with Gasteiger partial charge in [0.15, 0.2) is 0 Å². The highest BCUT2D eigenvalue weighted by Gasteiger charge is 2.20. The Hall–Kier alpha value is -1.42. The van der Waals surface area contributed by atoms with E-state index in [-0.39, 0.29) is 24.1 Å². The number of nitrogens with one attached hydrogen (secondary N) is 2. The molecule has 0 saturated heterocycles. The van der Waals surface area contributed by atoms with E-state index in [1.54, 1.807) is 7.11 Å². The molecule has 1 atom stereocenters. The number of thiol groups is 2. The highest BCUT2D eigenvalue weighted by molar-refractivity contribution is 7.80. The van der Waals surface area contributed by atoms with Crippen molar-refractivity contribution < 1.29 is 14.3 Å². The van der Waals surface area contributed by atoms with Gasteiger partial charge in [-0.25, -0.2) is 0 Å². The highest BCUT2D eigenvalue weighted by atomic mass is 32.1. The van der Waals surface area contributed by atoms with E-state index in [9.17, 15) is 9.59 Å². The van der Waals surface area contributed by atoms with Crippen molar-refractivity contribution in [2.45, 2.75) is 26.4 Å². The van der Waals surface area contributed by atoms with Crippen molar-refractivity contribution in [1.29, 1.82) is 0 Å². The SMILES string of the molecule is CCN(CC)CCN(CCS)CC(=O)N[C@@H](CS)C(=O)NCc1ccc(OC)cc1. The summed E-state index contributed by atoms with van der Waals surface area (Å²) < 4.78 is 5.13. The summed E-state index contributed by atoms with van der Waals surface area (Å²) in [6, 6.07) is 6.78. The molecule has 0 heterocycles. The van der Waals surface area contributed by atoms with Crippen LogP contribution in [0.15, 0.2) is 24.3 Å². The second-order valence-electron chi connectivity index (χ2n) is 6.90. The average Bonchev–Trinajstić information content (AvgIpc) is 2.76. The van der Waals surface area contributed by atoms with Crippen LogP contribution < -0.4 is 15.4 Å². The fraction of sp³-hybridized carbons (Fsp3) is 0.619. The Labute approximate surface area is 191 Å². The summed E-state index contributed by atoms with van der Waals surface area (Å²) in [6.45, 7) is 9.21. The largest absolute Gasteiger partial charge is 0.497 e. The molecule has 30 heavy (non-hydrogen) atoms. The zero-order chi connectivity index (χ0) is 22.4. The number of amides is 2. The van der Waals surface area contributed by atoms with Gasteiger partial charge in [-0.3, -0.25) is 14.5 Å². The maximum absolute atomic E-state index is 12.5. The van der Waals surface area contributed by atoms with Gasteiger partial charge in [-0.1, -0.05) is 26.0 Å². The summed E-state index contributed by atoms with van der Waals surface area (Å²) in [4.78, 5) is 29.4. The first kappa shape index (κ1) is 26.6. The summed E-state index contributed by atoms with van der Waals surface area (Å²) in [5.41, 5.74) is 0.949. The number of hydrogen-bond acceptors (Lipinski definition) is 7. The van der Waals surface area contributed by atoms with Crippen molar-refractivity contribution in [2.75, 3.05) is 57.9 Å². The molecule has 0 saturated carbocycles. The van der Waals surface area contributed by atoms with Crippen LogP contribution >= 0.6 is 25.3 Å². The number of rotatable bonds is 15. The molecule has 0 aliphatic heterocycles. The number of carbonyl (C=O) groups is 2. The molecule has 0 aliphatic rings. The van der Waals surface area contributed by atoms with Gasteiger partial charge in [0.05, 0.1) is 13.7 Å². The number of ether oxygens (including phenoxy) is 1.